The fourth-order valence-corrected chi connectivity index (χ4v) is 3.54. The number of benzene rings is 1. The van der Waals surface area contributed by atoms with Gasteiger partial charge in [0.25, 0.3) is 0 Å². The van der Waals surface area contributed by atoms with E-state index in [9.17, 15) is 14.0 Å². The van der Waals surface area contributed by atoms with Crippen molar-refractivity contribution in [1.82, 2.24) is 10.3 Å². The largest absolute Gasteiger partial charge is 0.462 e. The summed E-state index contributed by atoms with van der Waals surface area (Å²) < 4.78 is 25.6. The first-order chi connectivity index (χ1) is 15.4. The van der Waals surface area contributed by atoms with E-state index in [1.165, 1.54) is 17.9 Å². The van der Waals surface area contributed by atoms with E-state index in [4.69, 9.17) is 14.3 Å². The van der Waals surface area contributed by atoms with Crippen LogP contribution >= 0.6 is 0 Å². The van der Waals surface area contributed by atoms with Crippen LogP contribution in [-0.2, 0) is 22.7 Å². The molecule has 0 saturated carbocycles. The number of ether oxygens (including phenoxy) is 1. The van der Waals surface area contributed by atoms with E-state index in [-0.39, 0.29) is 25.6 Å². The third-order valence-electron chi connectivity index (χ3n) is 5.17. The van der Waals surface area contributed by atoms with E-state index in [1.807, 2.05) is 0 Å². The number of hydrazone groups is 1. The van der Waals surface area contributed by atoms with Gasteiger partial charge in [0, 0.05) is 13.5 Å². The van der Waals surface area contributed by atoms with Crippen molar-refractivity contribution < 1.29 is 28.2 Å². The summed E-state index contributed by atoms with van der Waals surface area (Å²) in [7, 11) is 0. The van der Waals surface area contributed by atoms with Crippen molar-refractivity contribution >= 4 is 29.7 Å². The summed E-state index contributed by atoms with van der Waals surface area (Å²) in [6.07, 6.45) is 0.479. The Kier molecular flexibility index (Phi) is 6.26. The van der Waals surface area contributed by atoms with Crippen molar-refractivity contribution in [2.75, 3.05) is 36.0 Å². The lowest BCUT2D eigenvalue weighted by Gasteiger charge is -2.30. The molecule has 10 nitrogen and oxygen atoms in total. The first-order valence-electron chi connectivity index (χ1n) is 10.2. The number of halogens is 1. The smallest absolute Gasteiger partial charge is 0.414 e. The molecule has 1 saturated heterocycles. The molecule has 2 aromatic rings. The van der Waals surface area contributed by atoms with Gasteiger partial charge in [0.05, 0.1) is 37.6 Å². The number of amides is 2. The van der Waals surface area contributed by atoms with Crippen LogP contribution in [0.25, 0.3) is 0 Å². The second kappa shape index (κ2) is 9.27. The summed E-state index contributed by atoms with van der Waals surface area (Å²) in [6.45, 7) is 3.17. The number of hydrogen-bond donors (Lipinski definition) is 2. The number of carbonyl (C=O) groups is 2. The molecule has 1 aromatic heterocycles. The van der Waals surface area contributed by atoms with Gasteiger partial charge in [0.1, 0.15) is 36.4 Å². The molecule has 1 fully saturated rings. The van der Waals surface area contributed by atoms with Crippen molar-refractivity contribution in [2.24, 2.45) is 5.10 Å². The lowest BCUT2D eigenvalue weighted by atomic mass is 10.2. The SMILES string of the molecule is CC(=O)NC[C@H]1CN(c2ccc(N3C=NN(Cc4ccc(CO)o4)CC3)c(F)c2)C(=O)O1. The zero-order valence-electron chi connectivity index (χ0n) is 17.5. The Labute approximate surface area is 183 Å². The number of aliphatic hydroxyl groups excluding tert-OH is 1. The molecule has 0 aliphatic carbocycles. The lowest BCUT2D eigenvalue weighted by molar-refractivity contribution is -0.119. The van der Waals surface area contributed by atoms with Gasteiger partial charge in [-0.1, -0.05) is 0 Å². The van der Waals surface area contributed by atoms with Gasteiger partial charge in [-0.05, 0) is 30.3 Å². The van der Waals surface area contributed by atoms with Gasteiger partial charge in [-0.2, -0.15) is 5.10 Å². The van der Waals surface area contributed by atoms with E-state index < -0.39 is 18.0 Å². The van der Waals surface area contributed by atoms with Crippen molar-refractivity contribution in [1.29, 1.82) is 0 Å². The van der Waals surface area contributed by atoms with Gasteiger partial charge < -0.3 is 24.5 Å². The minimum Gasteiger partial charge on any atom is -0.462 e. The van der Waals surface area contributed by atoms with Crippen LogP contribution in [0.4, 0.5) is 20.6 Å². The maximum Gasteiger partial charge on any atom is 0.414 e. The Morgan fingerprint density at radius 3 is 2.75 bits per heavy atom. The zero-order chi connectivity index (χ0) is 22.7. The molecule has 0 bridgehead atoms. The first-order valence-corrected chi connectivity index (χ1v) is 10.2. The molecule has 2 N–H and O–H groups in total. The molecule has 0 radical (unpaired) electrons. The number of aliphatic hydroxyl groups is 1. The molecule has 1 aromatic carbocycles. The summed E-state index contributed by atoms with van der Waals surface area (Å²) >= 11 is 0. The van der Waals surface area contributed by atoms with Gasteiger partial charge in [0.15, 0.2) is 0 Å². The Morgan fingerprint density at radius 2 is 2.09 bits per heavy atom. The highest BCUT2D eigenvalue weighted by Crippen LogP contribution is 2.28. The van der Waals surface area contributed by atoms with Gasteiger partial charge in [0.2, 0.25) is 5.91 Å². The number of furan rings is 1. The number of nitrogens with one attached hydrogen (secondary N) is 1. The third-order valence-corrected chi connectivity index (χ3v) is 5.17. The highest BCUT2D eigenvalue weighted by atomic mass is 19.1. The average Bonchev–Trinajstić information content (AvgIpc) is 3.39. The van der Waals surface area contributed by atoms with Crippen molar-refractivity contribution in [2.45, 2.75) is 26.2 Å². The second-order valence-corrected chi connectivity index (χ2v) is 7.53. The van der Waals surface area contributed by atoms with Crippen LogP contribution in [0.5, 0.6) is 0 Å². The summed E-state index contributed by atoms with van der Waals surface area (Å²) in [6, 6.07) is 8.04. The molecule has 0 unspecified atom stereocenters. The van der Waals surface area contributed by atoms with E-state index in [0.29, 0.717) is 42.5 Å². The number of carbonyl (C=O) groups excluding carboxylic acids is 2. The summed E-state index contributed by atoms with van der Waals surface area (Å²) in [5.41, 5.74) is 0.731. The number of hydrogen-bond acceptors (Lipinski definition) is 8. The van der Waals surface area contributed by atoms with Gasteiger partial charge >= 0.3 is 6.09 Å². The van der Waals surface area contributed by atoms with E-state index in [1.54, 1.807) is 40.5 Å². The van der Waals surface area contributed by atoms with E-state index >= 15 is 0 Å². The fraction of sp³-hybridized carbons (Fsp3) is 0.381. The Balaban J connectivity index is 1.38. The summed E-state index contributed by atoms with van der Waals surface area (Å²) in [5, 5.41) is 17.8. The topological polar surface area (TPSA) is 111 Å². The van der Waals surface area contributed by atoms with Crippen LogP contribution < -0.4 is 15.1 Å². The monoisotopic (exact) mass is 445 g/mol. The van der Waals surface area contributed by atoms with E-state index in [0.717, 1.165) is 0 Å². The number of rotatable bonds is 7. The zero-order valence-corrected chi connectivity index (χ0v) is 17.5. The van der Waals surface area contributed by atoms with Gasteiger partial charge in [-0.15, -0.1) is 0 Å². The fourth-order valence-electron chi connectivity index (χ4n) is 3.54. The van der Waals surface area contributed by atoms with Crippen LogP contribution in [-0.4, -0.2) is 60.7 Å². The quantitative estimate of drug-likeness (QED) is 0.667. The third kappa shape index (κ3) is 4.83. The molecular formula is C21H24FN5O5. The standard InChI is InChI=1S/C21H24FN5O5/c1-14(29)23-9-18-11-27(21(30)32-18)15-2-5-20(19(22)8-15)25-6-7-26(24-13-25)10-16-3-4-17(12-28)31-16/h2-5,8,13,18,28H,6-7,9-12H2,1H3,(H,23,29)/t18-/m0/s1. The molecule has 0 spiro atoms. The second-order valence-electron chi connectivity index (χ2n) is 7.53. The Bertz CT molecular complexity index is 1030. The number of cyclic esters (lactones) is 1. The Morgan fingerprint density at radius 1 is 1.28 bits per heavy atom. The first kappa shape index (κ1) is 21.6. The molecule has 32 heavy (non-hydrogen) atoms. The maximum absolute atomic E-state index is 14.9. The molecule has 1 atom stereocenters. The highest BCUT2D eigenvalue weighted by molar-refractivity contribution is 5.90. The summed E-state index contributed by atoms with van der Waals surface area (Å²) in [5.74, 6) is 0.479. The van der Waals surface area contributed by atoms with Crippen molar-refractivity contribution in [3.05, 3.63) is 47.7 Å². The molecular weight excluding hydrogens is 421 g/mol. The molecule has 2 amide bonds. The van der Waals surface area contributed by atoms with Gasteiger partial charge in [-0.25, -0.2) is 9.18 Å². The minimum absolute atomic E-state index is 0.155. The molecule has 170 valence electrons. The Hall–Kier alpha value is -3.60. The predicted octanol–water partition coefficient (Wildman–Crippen LogP) is 1.64. The molecule has 2 aliphatic rings. The molecule has 11 heteroatoms. The van der Waals surface area contributed by atoms with Crippen LogP contribution in [0, 0.1) is 5.82 Å². The maximum atomic E-state index is 14.9. The highest BCUT2D eigenvalue weighted by Gasteiger charge is 2.33. The normalized spacial score (nSPS) is 18.3. The lowest BCUT2D eigenvalue weighted by Crippen LogP contribution is -2.38. The molecule has 4 rings (SSSR count). The molecule has 3 heterocycles. The van der Waals surface area contributed by atoms with Crippen LogP contribution in [0.15, 0.2) is 39.9 Å². The number of anilines is 2. The van der Waals surface area contributed by atoms with Gasteiger partial charge in [-0.3, -0.25) is 14.7 Å². The summed E-state index contributed by atoms with van der Waals surface area (Å²) in [4.78, 5) is 26.2. The predicted molar refractivity (Wildman–Crippen MR) is 114 cm³/mol. The average molecular weight is 445 g/mol. The van der Waals surface area contributed by atoms with Crippen molar-refractivity contribution in [3.8, 4) is 0 Å². The van der Waals surface area contributed by atoms with Crippen LogP contribution in [0.2, 0.25) is 0 Å². The van der Waals surface area contributed by atoms with E-state index in [2.05, 4.69) is 10.4 Å². The number of nitrogens with zero attached hydrogens (tertiary/aromatic N) is 4. The molecule has 2 aliphatic heterocycles. The minimum atomic E-state index is -0.579. The van der Waals surface area contributed by atoms with Crippen molar-refractivity contribution in [3.63, 3.8) is 0 Å². The van der Waals surface area contributed by atoms with Crippen LogP contribution in [0.3, 0.4) is 0 Å². The van der Waals surface area contributed by atoms with Crippen LogP contribution in [0.1, 0.15) is 18.4 Å².